The molecule has 0 spiro atoms. The van der Waals surface area contributed by atoms with Crippen molar-refractivity contribution in [2.45, 2.75) is 50.1 Å². The van der Waals surface area contributed by atoms with Crippen LogP contribution in [-0.4, -0.2) is 53.8 Å². The van der Waals surface area contributed by atoms with Crippen molar-refractivity contribution in [3.8, 4) is 0 Å². The van der Waals surface area contributed by atoms with Gasteiger partial charge >= 0.3 is 11.9 Å². The topological polar surface area (TPSA) is 82.1 Å². The van der Waals surface area contributed by atoms with Gasteiger partial charge in [-0.1, -0.05) is 92.7 Å². The van der Waals surface area contributed by atoms with Gasteiger partial charge in [0.2, 0.25) is 6.04 Å². The Morgan fingerprint density at radius 3 is 1.74 bits per heavy atom. The number of rotatable bonds is 12. The number of benzene rings is 3. The highest BCUT2D eigenvalue weighted by atomic mass is 32.2. The Labute approximate surface area is 233 Å². The minimum absolute atomic E-state index is 0.0320. The second-order valence-electron chi connectivity index (χ2n) is 10.0. The third kappa shape index (κ3) is 6.88. The Bertz CT molecular complexity index is 1200. The summed E-state index contributed by atoms with van der Waals surface area (Å²) in [6, 6.07) is 26.1. The Balaban J connectivity index is 1.57. The summed E-state index contributed by atoms with van der Waals surface area (Å²) in [6.07, 6.45) is -0.789. The number of carbonyl (C=O) groups is 3. The van der Waals surface area contributed by atoms with E-state index in [9.17, 15) is 14.4 Å². The van der Waals surface area contributed by atoms with Crippen LogP contribution in [0.25, 0.3) is 0 Å². The van der Waals surface area contributed by atoms with E-state index in [-0.39, 0.29) is 13.2 Å². The maximum Gasteiger partial charge on any atom is 0.341 e. The second-order valence-corrected chi connectivity index (χ2v) is 11.1. The summed E-state index contributed by atoms with van der Waals surface area (Å²) in [7, 11) is 1.46. The highest BCUT2D eigenvalue weighted by Gasteiger charge is 2.60. The smallest absolute Gasteiger partial charge is 0.341 e. The first-order valence-corrected chi connectivity index (χ1v) is 13.7. The number of hydrogen-bond acceptors (Lipinski definition) is 7. The monoisotopic (exact) mass is 547 g/mol. The van der Waals surface area contributed by atoms with Gasteiger partial charge in [0.05, 0.1) is 6.04 Å². The first kappa shape index (κ1) is 28.4. The molecule has 2 atom stereocenters. The molecule has 7 nitrogen and oxygen atoms in total. The fourth-order valence-electron chi connectivity index (χ4n) is 4.60. The van der Waals surface area contributed by atoms with Gasteiger partial charge < -0.3 is 19.1 Å². The fraction of sp³-hybridized carbons (Fsp3) is 0.323. The van der Waals surface area contributed by atoms with Gasteiger partial charge in [0.1, 0.15) is 13.2 Å². The molecule has 1 aliphatic rings. The average Bonchev–Trinajstić information content (AvgIpc) is 2.96. The zero-order valence-corrected chi connectivity index (χ0v) is 23.1. The molecular weight excluding hydrogens is 514 g/mol. The van der Waals surface area contributed by atoms with Crippen LogP contribution < -0.4 is 0 Å². The maximum absolute atomic E-state index is 13.4. The zero-order valence-electron chi connectivity index (χ0n) is 22.3. The Morgan fingerprint density at radius 1 is 0.821 bits per heavy atom. The lowest BCUT2D eigenvalue weighted by molar-refractivity contribution is -0.199. The minimum atomic E-state index is -1.55. The van der Waals surface area contributed by atoms with Crippen molar-refractivity contribution in [1.82, 2.24) is 4.90 Å². The molecule has 4 rings (SSSR count). The quantitative estimate of drug-likeness (QED) is 0.138. The molecule has 0 radical (unpaired) electrons. The summed E-state index contributed by atoms with van der Waals surface area (Å²) in [5, 5.41) is 0. The molecule has 0 unspecified atom stereocenters. The standard InChI is InChI=1S/C31H33NO6S/c1-31(2,21-39-24-17-11-6-12-18-24)27-26(36-3)28(33)32(27)25(29(34)37-19-22-13-7-4-8-14-22)30(35)38-20-23-15-9-5-10-16-23/h4-18,25-27H,19-21H2,1-3H3/t26-,27-/m1/s1. The molecule has 39 heavy (non-hydrogen) atoms. The van der Waals surface area contributed by atoms with E-state index in [1.165, 1.54) is 12.0 Å². The van der Waals surface area contributed by atoms with Gasteiger partial charge in [-0.2, -0.15) is 0 Å². The zero-order chi connectivity index (χ0) is 27.8. The lowest BCUT2D eigenvalue weighted by atomic mass is 9.75. The lowest BCUT2D eigenvalue weighted by Crippen LogP contribution is -2.75. The predicted molar refractivity (Wildman–Crippen MR) is 149 cm³/mol. The molecule has 1 amide bonds. The number of hydrogen-bond donors (Lipinski definition) is 0. The van der Waals surface area contributed by atoms with Gasteiger partial charge in [-0.05, 0) is 28.7 Å². The third-order valence-corrected chi connectivity index (χ3v) is 8.16. The fourth-order valence-corrected chi connectivity index (χ4v) is 5.66. The van der Waals surface area contributed by atoms with Crippen molar-refractivity contribution >= 4 is 29.6 Å². The van der Waals surface area contributed by atoms with E-state index in [0.29, 0.717) is 5.75 Å². The first-order valence-electron chi connectivity index (χ1n) is 12.8. The molecule has 3 aromatic carbocycles. The predicted octanol–water partition coefficient (Wildman–Crippen LogP) is 4.89. The van der Waals surface area contributed by atoms with E-state index < -0.39 is 41.4 Å². The van der Waals surface area contributed by atoms with Crippen LogP contribution >= 0.6 is 11.8 Å². The normalized spacial score (nSPS) is 17.0. The number of methoxy groups -OCH3 is 1. The van der Waals surface area contributed by atoms with Gasteiger partial charge in [0.25, 0.3) is 5.91 Å². The van der Waals surface area contributed by atoms with Crippen LogP contribution in [0.2, 0.25) is 0 Å². The van der Waals surface area contributed by atoms with E-state index in [1.807, 2.05) is 105 Å². The Hall–Kier alpha value is -3.62. The van der Waals surface area contributed by atoms with Crippen LogP contribution in [0.3, 0.4) is 0 Å². The molecule has 0 aliphatic carbocycles. The van der Waals surface area contributed by atoms with Gasteiger partial charge in [-0.3, -0.25) is 4.79 Å². The molecule has 1 aliphatic heterocycles. The van der Waals surface area contributed by atoms with Crippen LogP contribution in [0, 0.1) is 5.41 Å². The maximum atomic E-state index is 13.4. The SMILES string of the molecule is CO[C@H]1C(=O)N(C(C(=O)OCc2ccccc2)C(=O)OCc2ccccc2)[C@H]1C(C)(C)CSc1ccccc1. The number of β-lactam (4-membered cyclic amide) rings is 1. The third-order valence-electron chi connectivity index (χ3n) is 6.67. The number of nitrogens with zero attached hydrogens (tertiary/aromatic N) is 1. The van der Waals surface area contributed by atoms with Crippen molar-refractivity contribution in [1.29, 1.82) is 0 Å². The molecule has 0 saturated carbocycles. The average molecular weight is 548 g/mol. The molecule has 204 valence electrons. The molecular formula is C31H33NO6S. The van der Waals surface area contributed by atoms with Crippen LogP contribution in [0.15, 0.2) is 95.9 Å². The summed E-state index contributed by atoms with van der Waals surface area (Å²) in [5.74, 6) is -1.50. The van der Waals surface area contributed by atoms with Crippen LogP contribution in [0.5, 0.6) is 0 Å². The Morgan fingerprint density at radius 2 is 1.28 bits per heavy atom. The molecule has 8 heteroatoms. The number of ether oxygens (including phenoxy) is 3. The van der Waals surface area contributed by atoms with E-state index in [2.05, 4.69) is 0 Å². The summed E-state index contributed by atoms with van der Waals surface area (Å²) in [6.45, 7) is 3.94. The van der Waals surface area contributed by atoms with Gasteiger partial charge in [0.15, 0.2) is 6.10 Å². The molecule has 0 N–H and O–H groups in total. The molecule has 1 saturated heterocycles. The first-order chi connectivity index (χ1) is 18.8. The van der Waals surface area contributed by atoms with Crippen molar-refractivity contribution in [2.75, 3.05) is 12.9 Å². The number of thioether (sulfide) groups is 1. The van der Waals surface area contributed by atoms with Crippen molar-refractivity contribution in [3.63, 3.8) is 0 Å². The highest BCUT2D eigenvalue weighted by Crippen LogP contribution is 2.42. The molecule has 1 fully saturated rings. The lowest BCUT2D eigenvalue weighted by Gasteiger charge is -2.54. The number of carbonyl (C=O) groups excluding carboxylic acids is 3. The van der Waals surface area contributed by atoms with Gasteiger partial charge in [-0.25, -0.2) is 9.59 Å². The molecule has 3 aromatic rings. The number of likely N-dealkylation sites (tertiary alicyclic amines) is 1. The second kappa shape index (κ2) is 13.0. The van der Waals surface area contributed by atoms with E-state index in [1.54, 1.807) is 11.8 Å². The molecule has 0 bridgehead atoms. The van der Waals surface area contributed by atoms with Crippen molar-refractivity contribution < 1.29 is 28.6 Å². The van der Waals surface area contributed by atoms with E-state index >= 15 is 0 Å². The van der Waals surface area contributed by atoms with Crippen molar-refractivity contribution in [3.05, 3.63) is 102 Å². The summed E-state index contributed by atoms with van der Waals surface area (Å²) in [5.41, 5.74) is 1.01. The van der Waals surface area contributed by atoms with Crippen LogP contribution in [-0.2, 0) is 41.8 Å². The van der Waals surface area contributed by atoms with Crippen LogP contribution in [0.1, 0.15) is 25.0 Å². The molecule has 1 heterocycles. The number of esters is 2. The summed E-state index contributed by atoms with van der Waals surface area (Å²) in [4.78, 5) is 42.5. The van der Waals surface area contributed by atoms with Gasteiger partial charge in [0, 0.05) is 17.8 Å². The summed E-state index contributed by atoms with van der Waals surface area (Å²) >= 11 is 1.64. The summed E-state index contributed by atoms with van der Waals surface area (Å²) < 4.78 is 16.6. The largest absolute Gasteiger partial charge is 0.459 e. The van der Waals surface area contributed by atoms with Crippen LogP contribution in [0.4, 0.5) is 0 Å². The van der Waals surface area contributed by atoms with Gasteiger partial charge in [-0.15, -0.1) is 11.8 Å². The number of amides is 1. The van der Waals surface area contributed by atoms with E-state index in [4.69, 9.17) is 14.2 Å². The Kier molecular flexibility index (Phi) is 9.43. The highest BCUT2D eigenvalue weighted by molar-refractivity contribution is 7.99. The van der Waals surface area contributed by atoms with Crippen molar-refractivity contribution in [2.24, 2.45) is 5.41 Å². The molecule has 0 aromatic heterocycles. The van der Waals surface area contributed by atoms with E-state index in [0.717, 1.165) is 16.0 Å². The minimum Gasteiger partial charge on any atom is -0.459 e.